The molecule has 1 aliphatic heterocycles. The van der Waals surface area contributed by atoms with Crippen LogP contribution in [0.2, 0.25) is 0 Å². The highest BCUT2D eigenvalue weighted by atomic mass is 16.5. The molecule has 1 saturated heterocycles. The number of methoxy groups -OCH3 is 2. The Morgan fingerprint density at radius 1 is 1.24 bits per heavy atom. The molecular formula is C22H27N3O4. The van der Waals surface area contributed by atoms with Gasteiger partial charge >= 0.3 is 0 Å². The molecule has 1 aromatic heterocycles. The lowest BCUT2D eigenvalue weighted by Gasteiger charge is -2.31. The minimum absolute atomic E-state index is 0.0219. The fourth-order valence-corrected chi connectivity index (χ4v) is 3.77. The van der Waals surface area contributed by atoms with Crippen LogP contribution >= 0.6 is 0 Å². The molecule has 1 atom stereocenters. The molecule has 0 bridgehead atoms. The number of hydrogen-bond donors (Lipinski definition) is 0. The topological polar surface area (TPSA) is 77.7 Å². The third-order valence-corrected chi connectivity index (χ3v) is 5.55. The summed E-state index contributed by atoms with van der Waals surface area (Å²) in [6.45, 7) is 1.50. The Morgan fingerprint density at radius 3 is 2.83 bits per heavy atom. The van der Waals surface area contributed by atoms with Gasteiger partial charge in [-0.1, -0.05) is 11.2 Å². The Labute approximate surface area is 170 Å². The molecule has 0 radical (unpaired) electrons. The van der Waals surface area contributed by atoms with E-state index in [0.29, 0.717) is 29.2 Å². The lowest BCUT2D eigenvalue weighted by atomic mass is 9.94. The van der Waals surface area contributed by atoms with Crippen LogP contribution in [0.4, 0.5) is 0 Å². The summed E-state index contributed by atoms with van der Waals surface area (Å²) in [4.78, 5) is 19.1. The highest BCUT2D eigenvalue weighted by molar-refractivity contribution is 5.92. The summed E-state index contributed by atoms with van der Waals surface area (Å²) in [6.07, 6.45) is 8.57. The summed E-state index contributed by atoms with van der Waals surface area (Å²) < 4.78 is 16.0. The van der Waals surface area contributed by atoms with E-state index >= 15 is 0 Å². The first-order chi connectivity index (χ1) is 14.2. The van der Waals surface area contributed by atoms with Crippen LogP contribution in [0, 0.1) is 5.92 Å². The molecule has 7 nitrogen and oxygen atoms in total. The number of piperidine rings is 1. The largest absolute Gasteiger partial charge is 0.493 e. The maximum absolute atomic E-state index is 12.7. The van der Waals surface area contributed by atoms with Crippen molar-refractivity contribution in [2.75, 3.05) is 27.3 Å². The van der Waals surface area contributed by atoms with E-state index < -0.39 is 0 Å². The number of carbonyl (C=O) groups is 1. The fraction of sp³-hybridized carbons (Fsp3) is 0.500. The number of likely N-dealkylation sites (tertiary alicyclic amines) is 1. The maximum atomic E-state index is 12.7. The van der Waals surface area contributed by atoms with Crippen LogP contribution in [-0.4, -0.2) is 48.3 Å². The van der Waals surface area contributed by atoms with Gasteiger partial charge < -0.3 is 18.9 Å². The molecule has 154 valence electrons. The minimum Gasteiger partial charge on any atom is -0.493 e. The monoisotopic (exact) mass is 397 g/mol. The second kappa shape index (κ2) is 8.68. The molecule has 4 rings (SSSR count). The van der Waals surface area contributed by atoms with E-state index in [0.717, 1.165) is 56.6 Å². The van der Waals surface area contributed by atoms with Crippen LogP contribution in [0.5, 0.6) is 11.5 Å². The Kier molecular flexibility index (Phi) is 5.83. The Bertz CT molecular complexity index is 888. The lowest BCUT2D eigenvalue weighted by Crippen LogP contribution is -2.39. The molecule has 2 aromatic rings. The van der Waals surface area contributed by atoms with Crippen molar-refractivity contribution < 1.29 is 18.8 Å². The number of amides is 1. The molecule has 0 spiro atoms. The number of rotatable bonds is 7. The Morgan fingerprint density at radius 2 is 2.07 bits per heavy atom. The van der Waals surface area contributed by atoms with Gasteiger partial charge in [0, 0.05) is 31.5 Å². The van der Waals surface area contributed by atoms with E-state index in [-0.39, 0.29) is 5.91 Å². The molecule has 1 unspecified atom stereocenters. The average Bonchev–Trinajstić information content (AvgIpc) is 3.51. The smallest absolute Gasteiger partial charge is 0.246 e. The van der Waals surface area contributed by atoms with Gasteiger partial charge in [-0.25, -0.2) is 0 Å². The van der Waals surface area contributed by atoms with Gasteiger partial charge in [-0.05, 0) is 55.4 Å². The van der Waals surface area contributed by atoms with Crippen LogP contribution in [0.1, 0.15) is 48.9 Å². The molecule has 1 aromatic carbocycles. The SMILES string of the molecule is COc1ccc(/C=C\C(=O)N2CCCC(Cc3nc(C4CC4)no3)C2)cc1OC. The summed E-state index contributed by atoms with van der Waals surface area (Å²) in [5.74, 6) is 3.74. The van der Waals surface area contributed by atoms with Gasteiger partial charge in [-0.15, -0.1) is 0 Å². The first-order valence-electron chi connectivity index (χ1n) is 10.2. The van der Waals surface area contributed by atoms with Crippen molar-refractivity contribution in [2.24, 2.45) is 5.92 Å². The summed E-state index contributed by atoms with van der Waals surface area (Å²) in [6, 6.07) is 5.59. The third kappa shape index (κ3) is 4.78. The van der Waals surface area contributed by atoms with Crippen LogP contribution in [-0.2, 0) is 11.2 Å². The van der Waals surface area contributed by atoms with Crippen LogP contribution in [0.25, 0.3) is 6.08 Å². The average molecular weight is 397 g/mol. The number of hydrogen-bond acceptors (Lipinski definition) is 6. The number of carbonyl (C=O) groups excluding carboxylic acids is 1. The second-order valence-electron chi connectivity index (χ2n) is 7.76. The van der Waals surface area contributed by atoms with Gasteiger partial charge in [0.25, 0.3) is 0 Å². The molecule has 1 amide bonds. The molecule has 0 N–H and O–H groups in total. The highest BCUT2D eigenvalue weighted by Crippen LogP contribution is 2.38. The van der Waals surface area contributed by atoms with Crippen molar-refractivity contribution in [1.29, 1.82) is 0 Å². The zero-order valence-corrected chi connectivity index (χ0v) is 17.0. The normalized spacial score (nSPS) is 19.5. The number of nitrogens with zero attached hydrogens (tertiary/aromatic N) is 3. The van der Waals surface area contributed by atoms with Gasteiger partial charge in [-0.2, -0.15) is 4.98 Å². The summed E-state index contributed by atoms with van der Waals surface area (Å²) in [7, 11) is 3.20. The molecule has 2 fully saturated rings. The van der Waals surface area contributed by atoms with E-state index in [1.807, 2.05) is 29.2 Å². The fourth-order valence-electron chi connectivity index (χ4n) is 3.77. The molecule has 29 heavy (non-hydrogen) atoms. The van der Waals surface area contributed by atoms with E-state index in [1.165, 1.54) is 0 Å². The highest BCUT2D eigenvalue weighted by Gasteiger charge is 2.30. The van der Waals surface area contributed by atoms with Crippen molar-refractivity contribution in [3.05, 3.63) is 41.6 Å². The van der Waals surface area contributed by atoms with Crippen molar-refractivity contribution in [3.8, 4) is 11.5 Å². The van der Waals surface area contributed by atoms with Gasteiger partial charge in [0.2, 0.25) is 11.8 Å². The van der Waals surface area contributed by atoms with Crippen molar-refractivity contribution in [1.82, 2.24) is 15.0 Å². The van der Waals surface area contributed by atoms with E-state index in [4.69, 9.17) is 14.0 Å². The Hall–Kier alpha value is -2.83. The van der Waals surface area contributed by atoms with Gasteiger partial charge in [-0.3, -0.25) is 4.79 Å². The number of benzene rings is 1. The second-order valence-corrected chi connectivity index (χ2v) is 7.76. The van der Waals surface area contributed by atoms with E-state index in [2.05, 4.69) is 10.1 Å². The maximum Gasteiger partial charge on any atom is 0.246 e. The van der Waals surface area contributed by atoms with Gasteiger partial charge in [0.15, 0.2) is 17.3 Å². The molecule has 2 aliphatic rings. The van der Waals surface area contributed by atoms with Gasteiger partial charge in [0.05, 0.1) is 14.2 Å². The summed E-state index contributed by atoms with van der Waals surface area (Å²) >= 11 is 0. The standard InChI is InChI=1S/C22H27N3O4/c1-27-18-9-5-15(12-19(18)28-2)6-10-21(26)25-11-3-4-16(14-25)13-20-23-22(24-29-20)17-7-8-17/h5-6,9-10,12,16-17H,3-4,7-8,11,13-14H2,1-2H3/b10-6-. The molecule has 7 heteroatoms. The van der Waals surface area contributed by atoms with Crippen molar-refractivity contribution >= 4 is 12.0 Å². The molecule has 1 saturated carbocycles. The number of aromatic nitrogens is 2. The molecule has 1 aliphatic carbocycles. The lowest BCUT2D eigenvalue weighted by molar-refractivity contribution is -0.127. The quantitative estimate of drug-likeness (QED) is 0.666. The van der Waals surface area contributed by atoms with Crippen LogP contribution in [0.3, 0.4) is 0 Å². The van der Waals surface area contributed by atoms with Crippen molar-refractivity contribution in [3.63, 3.8) is 0 Å². The van der Waals surface area contributed by atoms with E-state index in [1.54, 1.807) is 20.3 Å². The first-order valence-corrected chi connectivity index (χ1v) is 10.2. The summed E-state index contributed by atoms with van der Waals surface area (Å²) in [5, 5.41) is 4.09. The van der Waals surface area contributed by atoms with Crippen LogP contribution in [0.15, 0.2) is 28.8 Å². The zero-order valence-electron chi connectivity index (χ0n) is 17.0. The predicted molar refractivity (Wildman–Crippen MR) is 108 cm³/mol. The molecular weight excluding hydrogens is 370 g/mol. The van der Waals surface area contributed by atoms with Gasteiger partial charge in [0.1, 0.15) is 0 Å². The zero-order chi connectivity index (χ0) is 20.2. The van der Waals surface area contributed by atoms with E-state index in [9.17, 15) is 4.79 Å². The minimum atomic E-state index is 0.0219. The molecule has 2 heterocycles. The van der Waals surface area contributed by atoms with Crippen molar-refractivity contribution in [2.45, 2.75) is 38.0 Å². The summed E-state index contributed by atoms with van der Waals surface area (Å²) in [5.41, 5.74) is 0.892. The third-order valence-electron chi connectivity index (χ3n) is 5.55. The first kappa shape index (κ1) is 19.5. The Balaban J connectivity index is 1.34. The predicted octanol–water partition coefficient (Wildman–Crippen LogP) is 3.46. The number of ether oxygens (including phenoxy) is 2. The van der Waals surface area contributed by atoms with Crippen LogP contribution < -0.4 is 9.47 Å².